The van der Waals surface area contributed by atoms with E-state index in [4.69, 9.17) is 19.8 Å². The summed E-state index contributed by atoms with van der Waals surface area (Å²) in [5, 5.41) is 4.17. The minimum atomic E-state index is -4.13. The molecule has 0 fully saturated rings. The highest BCUT2D eigenvalue weighted by atomic mass is 32.2. The molecule has 1 aliphatic rings. The molecule has 3 atom stereocenters. The minimum absolute atomic E-state index is 0.0457. The second-order valence-corrected chi connectivity index (χ2v) is 9.89. The molecule has 2 aromatic rings. The Morgan fingerprint density at radius 1 is 1.11 bits per heavy atom. The minimum Gasteiger partial charge on any atom is -0.463 e. The second-order valence-electron chi connectivity index (χ2n) is 8.50. The molecular weight excluding hydrogens is 484 g/mol. The first-order valence-corrected chi connectivity index (χ1v) is 13.5. The van der Waals surface area contributed by atoms with E-state index in [1.807, 2.05) is 19.9 Å². The average Bonchev–Trinajstić information content (AvgIpc) is 2.83. The van der Waals surface area contributed by atoms with Crippen molar-refractivity contribution < 1.29 is 32.0 Å². The van der Waals surface area contributed by atoms with Crippen molar-refractivity contribution in [2.24, 2.45) is 5.73 Å². The Morgan fingerprint density at radius 2 is 1.75 bits per heavy atom. The van der Waals surface area contributed by atoms with Crippen molar-refractivity contribution in [1.29, 1.82) is 0 Å². The number of nitrogens with two attached hydrogens (primary N) is 1. The van der Waals surface area contributed by atoms with E-state index in [0.29, 0.717) is 24.0 Å². The number of hydrogen-bond donors (Lipinski definition) is 3. The van der Waals surface area contributed by atoms with Crippen LogP contribution in [0.1, 0.15) is 47.0 Å². The Hall–Kier alpha value is -2.79. The number of nitrogens with one attached hydrogen (secondary N) is 1. The average molecular weight is 521 g/mol. The van der Waals surface area contributed by atoms with Crippen molar-refractivity contribution >= 4 is 32.8 Å². The molecule has 36 heavy (non-hydrogen) atoms. The number of hydrogen-bond acceptors (Lipinski definition) is 7. The van der Waals surface area contributed by atoms with Crippen LogP contribution in [-0.4, -0.2) is 55.7 Å². The number of rotatable bonds is 8. The van der Waals surface area contributed by atoms with Crippen LogP contribution >= 0.6 is 0 Å². The maximum absolute atomic E-state index is 12.0. The molecule has 0 heterocycles. The van der Waals surface area contributed by atoms with Crippen LogP contribution in [0.3, 0.4) is 0 Å². The lowest BCUT2D eigenvalue weighted by Gasteiger charge is -2.36. The lowest BCUT2D eigenvalue weighted by molar-refractivity contribution is -0.139. The molecule has 0 aliphatic heterocycles. The standard InChI is InChI=1S/C16H28N2O4.C10H8O3S/c1-5-12(6-2)22-14-9-11(16(20)21-7-3)8-13(17)15(14)18-10(4)19;11-14(12,13)10-7-3-5-8-4-1-2-6-9(8)10/h9,12-15H,5-8,17H2,1-4H3,(H,18,19);1-7H,(H,11,12,13)/t13-,14+,15+;/m0./s1. The van der Waals surface area contributed by atoms with Gasteiger partial charge in [0.2, 0.25) is 5.91 Å². The maximum atomic E-state index is 12.0. The van der Waals surface area contributed by atoms with Gasteiger partial charge in [-0.1, -0.05) is 50.2 Å². The van der Waals surface area contributed by atoms with Gasteiger partial charge in [-0.3, -0.25) is 9.35 Å². The number of esters is 1. The molecular formula is C26H36N2O7S. The summed E-state index contributed by atoms with van der Waals surface area (Å²) < 4.78 is 42.1. The third kappa shape index (κ3) is 8.12. The summed E-state index contributed by atoms with van der Waals surface area (Å²) >= 11 is 0. The van der Waals surface area contributed by atoms with Gasteiger partial charge in [0.25, 0.3) is 10.1 Å². The van der Waals surface area contributed by atoms with Gasteiger partial charge in [0.15, 0.2) is 0 Å². The van der Waals surface area contributed by atoms with Crippen molar-refractivity contribution in [3.63, 3.8) is 0 Å². The Labute approximate surface area is 212 Å². The highest BCUT2D eigenvalue weighted by Gasteiger charge is 2.35. The van der Waals surface area contributed by atoms with E-state index in [2.05, 4.69) is 5.32 Å². The van der Waals surface area contributed by atoms with Gasteiger partial charge in [0.1, 0.15) is 4.90 Å². The third-order valence-electron chi connectivity index (χ3n) is 5.83. The summed E-state index contributed by atoms with van der Waals surface area (Å²) in [7, 11) is -4.13. The van der Waals surface area contributed by atoms with Crippen molar-refractivity contribution in [3.8, 4) is 0 Å². The summed E-state index contributed by atoms with van der Waals surface area (Å²) in [5.74, 6) is -0.524. The second kappa shape index (κ2) is 13.5. The van der Waals surface area contributed by atoms with E-state index in [1.165, 1.54) is 13.0 Å². The zero-order valence-electron chi connectivity index (χ0n) is 21.1. The van der Waals surface area contributed by atoms with E-state index < -0.39 is 16.2 Å². The predicted octanol–water partition coefficient (Wildman–Crippen LogP) is 3.37. The molecule has 0 unspecified atom stereocenters. The molecule has 2 aromatic carbocycles. The molecule has 0 saturated heterocycles. The van der Waals surface area contributed by atoms with Gasteiger partial charge in [-0.15, -0.1) is 0 Å². The van der Waals surface area contributed by atoms with E-state index in [0.717, 1.165) is 18.2 Å². The van der Waals surface area contributed by atoms with Gasteiger partial charge in [-0.25, -0.2) is 4.79 Å². The van der Waals surface area contributed by atoms with E-state index in [-0.39, 0.29) is 35.0 Å². The highest BCUT2D eigenvalue weighted by molar-refractivity contribution is 7.86. The van der Waals surface area contributed by atoms with Crippen LogP contribution in [0.4, 0.5) is 0 Å². The summed E-state index contributed by atoms with van der Waals surface area (Å²) in [6.07, 6.45) is 3.48. The van der Waals surface area contributed by atoms with Crippen LogP contribution in [0.2, 0.25) is 0 Å². The molecule has 198 valence electrons. The maximum Gasteiger partial charge on any atom is 0.333 e. The summed E-state index contributed by atoms with van der Waals surface area (Å²) in [6, 6.07) is 11.1. The van der Waals surface area contributed by atoms with Gasteiger partial charge in [0.05, 0.1) is 24.9 Å². The number of carbonyl (C=O) groups excluding carboxylic acids is 2. The molecule has 0 saturated carbocycles. The summed E-state index contributed by atoms with van der Waals surface area (Å²) in [4.78, 5) is 23.3. The van der Waals surface area contributed by atoms with Crippen molar-refractivity contribution in [2.75, 3.05) is 6.61 Å². The molecule has 1 amide bonds. The van der Waals surface area contributed by atoms with Crippen LogP contribution in [0.25, 0.3) is 10.8 Å². The largest absolute Gasteiger partial charge is 0.463 e. The fraction of sp³-hybridized carbons (Fsp3) is 0.462. The quantitative estimate of drug-likeness (QED) is 0.355. The molecule has 9 nitrogen and oxygen atoms in total. The Bertz CT molecular complexity index is 1170. The smallest absolute Gasteiger partial charge is 0.333 e. The van der Waals surface area contributed by atoms with Crippen LogP contribution < -0.4 is 11.1 Å². The van der Waals surface area contributed by atoms with Gasteiger partial charge in [0, 0.05) is 23.9 Å². The first-order valence-electron chi connectivity index (χ1n) is 12.0. The molecule has 0 radical (unpaired) electrons. The van der Waals surface area contributed by atoms with Crippen LogP contribution in [0, 0.1) is 0 Å². The number of carbonyl (C=O) groups is 2. The van der Waals surface area contributed by atoms with Crippen LogP contribution in [-0.2, 0) is 29.2 Å². The normalized spacial score (nSPS) is 19.8. The Morgan fingerprint density at radius 3 is 2.33 bits per heavy atom. The molecule has 4 N–H and O–H groups in total. The van der Waals surface area contributed by atoms with Gasteiger partial charge in [-0.2, -0.15) is 8.42 Å². The summed E-state index contributed by atoms with van der Waals surface area (Å²) in [6.45, 7) is 7.62. The lowest BCUT2D eigenvalue weighted by atomic mass is 9.88. The molecule has 0 spiro atoms. The fourth-order valence-electron chi connectivity index (χ4n) is 4.04. The Balaban J connectivity index is 0.000000278. The van der Waals surface area contributed by atoms with E-state index in [9.17, 15) is 18.0 Å². The molecule has 3 rings (SSSR count). The number of amides is 1. The molecule has 0 aromatic heterocycles. The SMILES string of the molecule is CCOC(=O)C1=C[C@@H](OC(CC)CC)[C@H](NC(C)=O)[C@@H](N)C1.O=S(=O)(O)c1cccc2ccccc12. The number of ether oxygens (including phenoxy) is 2. The monoisotopic (exact) mass is 520 g/mol. The van der Waals surface area contributed by atoms with Crippen molar-refractivity contribution in [2.45, 2.75) is 76.1 Å². The first kappa shape index (κ1) is 29.4. The third-order valence-corrected chi connectivity index (χ3v) is 6.74. The van der Waals surface area contributed by atoms with E-state index >= 15 is 0 Å². The van der Waals surface area contributed by atoms with E-state index in [1.54, 1.807) is 43.3 Å². The predicted molar refractivity (Wildman–Crippen MR) is 138 cm³/mol. The fourth-order valence-corrected chi connectivity index (χ4v) is 4.76. The topological polar surface area (TPSA) is 145 Å². The number of benzene rings is 2. The zero-order chi connectivity index (χ0) is 26.9. The van der Waals surface area contributed by atoms with Gasteiger partial charge >= 0.3 is 5.97 Å². The van der Waals surface area contributed by atoms with Crippen molar-refractivity contribution in [1.82, 2.24) is 5.32 Å². The lowest BCUT2D eigenvalue weighted by Crippen LogP contribution is -2.57. The zero-order valence-corrected chi connectivity index (χ0v) is 22.0. The highest BCUT2D eigenvalue weighted by Crippen LogP contribution is 2.24. The van der Waals surface area contributed by atoms with Gasteiger partial charge in [-0.05, 0) is 43.7 Å². The molecule has 1 aliphatic carbocycles. The molecule has 10 heteroatoms. The van der Waals surface area contributed by atoms with Crippen LogP contribution in [0.5, 0.6) is 0 Å². The Kier molecular flexibility index (Phi) is 11.0. The van der Waals surface area contributed by atoms with Crippen molar-refractivity contribution in [3.05, 3.63) is 54.1 Å². The van der Waals surface area contributed by atoms with Gasteiger partial charge < -0.3 is 20.5 Å². The first-order chi connectivity index (χ1) is 17.0. The summed E-state index contributed by atoms with van der Waals surface area (Å²) in [5.41, 5.74) is 6.68. The van der Waals surface area contributed by atoms with Crippen LogP contribution in [0.15, 0.2) is 59.0 Å². The molecule has 0 bridgehead atoms. The number of fused-ring (bicyclic) bond motifs is 1.